The summed E-state index contributed by atoms with van der Waals surface area (Å²) in [6.45, 7) is 4.27. The monoisotopic (exact) mass is 245 g/mol. The summed E-state index contributed by atoms with van der Waals surface area (Å²) in [4.78, 5) is 4.21. The van der Waals surface area contributed by atoms with Crippen LogP contribution in [0.1, 0.15) is 16.8 Å². The first-order valence-electron chi connectivity index (χ1n) is 5.77. The fourth-order valence-electron chi connectivity index (χ4n) is 1.65. The molecule has 0 saturated carbocycles. The van der Waals surface area contributed by atoms with E-state index < -0.39 is 0 Å². The third-order valence-corrected chi connectivity index (χ3v) is 2.79. The molecule has 4 heteroatoms. The van der Waals surface area contributed by atoms with Crippen molar-refractivity contribution in [1.29, 1.82) is 0 Å². The predicted octanol–water partition coefficient (Wildman–Crippen LogP) is 3.03. The van der Waals surface area contributed by atoms with Crippen molar-refractivity contribution < 1.29 is 4.39 Å². The van der Waals surface area contributed by atoms with Crippen LogP contribution < -0.4 is 11.1 Å². The highest BCUT2D eigenvalue weighted by Gasteiger charge is 2.04. The fourth-order valence-corrected chi connectivity index (χ4v) is 1.65. The van der Waals surface area contributed by atoms with Crippen LogP contribution in [0, 0.1) is 19.7 Å². The van der Waals surface area contributed by atoms with Crippen LogP contribution in [0.3, 0.4) is 0 Å². The second-order valence-corrected chi connectivity index (χ2v) is 4.35. The normalized spacial score (nSPS) is 10.4. The average molecular weight is 245 g/mol. The molecule has 18 heavy (non-hydrogen) atoms. The summed E-state index contributed by atoms with van der Waals surface area (Å²) in [7, 11) is 0. The minimum atomic E-state index is -0.282. The van der Waals surface area contributed by atoms with Crippen molar-refractivity contribution in [2.24, 2.45) is 0 Å². The summed E-state index contributed by atoms with van der Waals surface area (Å²) < 4.78 is 13.2. The Morgan fingerprint density at radius 2 is 2.06 bits per heavy atom. The number of aromatic nitrogens is 1. The number of nitrogens with zero attached hydrogens (tertiary/aromatic N) is 1. The second kappa shape index (κ2) is 5.04. The maximum atomic E-state index is 13.2. The van der Waals surface area contributed by atoms with Gasteiger partial charge in [0.25, 0.3) is 0 Å². The number of halogens is 1. The lowest BCUT2D eigenvalue weighted by molar-refractivity contribution is 0.619. The van der Waals surface area contributed by atoms with Crippen molar-refractivity contribution >= 4 is 11.4 Å². The third-order valence-electron chi connectivity index (χ3n) is 2.79. The number of hydrogen-bond donors (Lipinski definition) is 2. The zero-order valence-corrected chi connectivity index (χ0v) is 10.5. The van der Waals surface area contributed by atoms with E-state index in [0.717, 1.165) is 16.9 Å². The van der Waals surface area contributed by atoms with Crippen LogP contribution in [-0.2, 0) is 6.54 Å². The summed E-state index contributed by atoms with van der Waals surface area (Å²) >= 11 is 0. The van der Waals surface area contributed by atoms with Crippen LogP contribution in [0.25, 0.3) is 0 Å². The first-order valence-corrected chi connectivity index (χ1v) is 5.77. The van der Waals surface area contributed by atoms with E-state index in [-0.39, 0.29) is 5.82 Å². The van der Waals surface area contributed by atoms with E-state index in [1.807, 2.05) is 25.3 Å². The molecule has 0 fully saturated rings. The highest BCUT2D eigenvalue weighted by Crippen LogP contribution is 2.23. The van der Waals surface area contributed by atoms with Crippen molar-refractivity contribution in [2.75, 3.05) is 11.1 Å². The summed E-state index contributed by atoms with van der Waals surface area (Å²) in [6.07, 6.45) is 1.81. The Morgan fingerprint density at radius 1 is 1.28 bits per heavy atom. The van der Waals surface area contributed by atoms with Crippen LogP contribution in [0.2, 0.25) is 0 Å². The van der Waals surface area contributed by atoms with Crippen LogP contribution in [0.4, 0.5) is 15.8 Å². The van der Waals surface area contributed by atoms with E-state index in [9.17, 15) is 4.39 Å². The van der Waals surface area contributed by atoms with Crippen molar-refractivity contribution in [3.05, 3.63) is 53.1 Å². The zero-order chi connectivity index (χ0) is 13.1. The molecule has 0 spiro atoms. The molecule has 94 valence electrons. The molecule has 0 aliphatic carbocycles. The third kappa shape index (κ3) is 2.77. The van der Waals surface area contributed by atoms with Gasteiger partial charge in [0.05, 0.1) is 11.4 Å². The molecule has 0 amide bonds. The predicted molar refractivity (Wildman–Crippen MR) is 71.9 cm³/mol. The van der Waals surface area contributed by atoms with Gasteiger partial charge in [-0.25, -0.2) is 4.39 Å². The second-order valence-electron chi connectivity index (χ2n) is 4.35. The quantitative estimate of drug-likeness (QED) is 0.817. The minimum absolute atomic E-state index is 0.282. The minimum Gasteiger partial charge on any atom is -0.397 e. The number of nitrogens with two attached hydrogens (primary N) is 1. The van der Waals surface area contributed by atoms with Crippen molar-refractivity contribution in [3.8, 4) is 0 Å². The molecule has 0 atom stereocenters. The van der Waals surface area contributed by atoms with E-state index in [4.69, 9.17) is 5.73 Å². The van der Waals surface area contributed by atoms with Gasteiger partial charge in [-0.15, -0.1) is 0 Å². The van der Waals surface area contributed by atoms with Crippen LogP contribution in [-0.4, -0.2) is 4.98 Å². The zero-order valence-electron chi connectivity index (χ0n) is 10.5. The lowest BCUT2D eigenvalue weighted by atomic mass is 10.1. The van der Waals surface area contributed by atoms with Gasteiger partial charge in [-0.05, 0) is 43.2 Å². The number of aryl methyl sites for hydroxylation is 2. The molecule has 1 aromatic heterocycles. The molecule has 0 unspecified atom stereocenters. The molecule has 2 aromatic rings. The van der Waals surface area contributed by atoms with E-state index in [1.165, 1.54) is 6.07 Å². The summed E-state index contributed by atoms with van der Waals surface area (Å²) in [5.74, 6) is -0.282. The lowest BCUT2D eigenvalue weighted by Crippen LogP contribution is -2.04. The number of pyridine rings is 1. The lowest BCUT2D eigenvalue weighted by Gasteiger charge is -2.11. The molecule has 3 N–H and O–H groups in total. The first kappa shape index (κ1) is 12.4. The highest BCUT2D eigenvalue weighted by molar-refractivity contribution is 5.67. The molecular formula is C14H16FN3. The smallest absolute Gasteiger partial charge is 0.128 e. The molecule has 0 bridgehead atoms. The van der Waals surface area contributed by atoms with Gasteiger partial charge < -0.3 is 11.1 Å². The molecule has 0 aliphatic rings. The van der Waals surface area contributed by atoms with Crippen LogP contribution in [0.5, 0.6) is 0 Å². The Balaban J connectivity index is 2.10. The molecule has 0 aliphatic heterocycles. The van der Waals surface area contributed by atoms with Gasteiger partial charge in [-0.3, -0.25) is 4.98 Å². The Labute approximate surface area is 106 Å². The Hall–Kier alpha value is -2.10. The molecule has 1 aromatic carbocycles. The van der Waals surface area contributed by atoms with E-state index in [1.54, 1.807) is 13.0 Å². The summed E-state index contributed by atoms with van der Waals surface area (Å²) in [5, 5.41) is 3.19. The van der Waals surface area contributed by atoms with Gasteiger partial charge in [-0.1, -0.05) is 6.07 Å². The van der Waals surface area contributed by atoms with Gasteiger partial charge >= 0.3 is 0 Å². The fraction of sp³-hybridized carbons (Fsp3) is 0.214. The first-order chi connectivity index (χ1) is 8.56. The highest BCUT2D eigenvalue weighted by atomic mass is 19.1. The molecule has 0 radical (unpaired) electrons. The van der Waals surface area contributed by atoms with Gasteiger partial charge in [0.2, 0.25) is 0 Å². The maximum Gasteiger partial charge on any atom is 0.128 e. The maximum absolute atomic E-state index is 13.2. The van der Waals surface area contributed by atoms with E-state index >= 15 is 0 Å². The SMILES string of the molecule is Cc1ccc(CNc2cc(C)c(F)cc2N)cn1. The molecule has 0 saturated heterocycles. The molecule has 1 heterocycles. The van der Waals surface area contributed by atoms with Gasteiger partial charge in [0.1, 0.15) is 5.82 Å². The number of hydrogen-bond acceptors (Lipinski definition) is 3. The number of nitrogen functional groups attached to an aromatic ring is 1. The van der Waals surface area contributed by atoms with Crippen molar-refractivity contribution in [2.45, 2.75) is 20.4 Å². The van der Waals surface area contributed by atoms with E-state index in [2.05, 4.69) is 10.3 Å². The summed E-state index contributed by atoms with van der Waals surface area (Å²) in [5.41, 5.74) is 9.54. The van der Waals surface area contributed by atoms with Crippen molar-refractivity contribution in [1.82, 2.24) is 4.98 Å². The van der Waals surface area contributed by atoms with Gasteiger partial charge in [0.15, 0.2) is 0 Å². The van der Waals surface area contributed by atoms with Gasteiger partial charge in [0, 0.05) is 18.4 Å². The number of nitrogens with one attached hydrogen (secondary N) is 1. The number of rotatable bonds is 3. The van der Waals surface area contributed by atoms with Gasteiger partial charge in [-0.2, -0.15) is 0 Å². The van der Waals surface area contributed by atoms with E-state index in [0.29, 0.717) is 17.8 Å². The summed E-state index contributed by atoms with van der Waals surface area (Å²) in [6, 6.07) is 7.01. The van der Waals surface area contributed by atoms with Crippen molar-refractivity contribution in [3.63, 3.8) is 0 Å². The Morgan fingerprint density at radius 3 is 2.72 bits per heavy atom. The molecule has 2 rings (SSSR count). The molecular weight excluding hydrogens is 229 g/mol. The molecule has 3 nitrogen and oxygen atoms in total. The van der Waals surface area contributed by atoms with Crippen LogP contribution in [0.15, 0.2) is 30.5 Å². The standard InChI is InChI=1S/C14H16FN3/c1-9-5-14(13(16)6-12(9)15)18-8-11-4-3-10(2)17-7-11/h3-7,18H,8,16H2,1-2H3. The Kier molecular flexibility index (Phi) is 3.46. The largest absolute Gasteiger partial charge is 0.397 e. The number of benzene rings is 1. The number of anilines is 2. The topological polar surface area (TPSA) is 50.9 Å². The van der Waals surface area contributed by atoms with Crippen LogP contribution >= 0.6 is 0 Å². The average Bonchev–Trinajstić information content (AvgIpc) is 2.34. The Bertz CT molecular complexity index is 550.